The molecule has 0 aromatic heterocycles. The summed E-state index contributed by atoms with van der Waals surface area (Å²) in [6.45, 7) is 8.17. The summed E-state index contributed by atoms with van der Waals surface area (Å²) in [5.41, 5.74) is 0.439. The third-order valence-corrected chi connectivity index (χ3v) is 3.45. The zero-order chi connectivity index (χ0) is 17.9. The van der Waals surface area contributed by atoms with E-state index in [1.54, 1.807) is 31.2 Å². The van der Waals surface area contributed by atoms with E-state index in [1.165, 1.54) is 0 Å². The van der Waals surface area contributed by atoms with Crippen molar-refractivity contribution in [1.82, 2.24) is 0 Å². The first kappa shape index (κ1) is 19.8. The van der Waals surface area contributed by atoms with E-state index in [1.807, 2.05) is 6.92 Å². The number of carbonyl (C=O) groups excluding carboxylic acids is 2. The minimum atomic E-state index is -0.556. The molecule has 24 heavy (non-hydrogen) atoms. The third kappa shape index (κ3) is 6.45. The number of carbonyl (C=O) groups is 2. The number of hydrogen-bond donors (Lipinski definition) is 0. The summed E-state index contributed by atoms with van der Waals surface area (Å²) in [5.74, 6) is 5.07. The summed E-state index contributed by atoms with van der Waals surface area (Å²) in [6, 6.07) is 6.54. The molecule has 0 radical (unpaired) electrons. The van der Waals surface area contributed by atoms with E-state index < -0.39 is 18.0 Å². The first-order chi connectivity index (χ1) is 11.5. The van der Waals surface area contributed by atoms with Gasteiger partial charge in [0.25, 0.3) is 0 Å². The van der Waals surface area contributed by atoms with E-state index in [-0.39, 0.29) is 11.1 Å². The SMILES string of the molecule is CC#CC(CC)OC(=O)c1ccccc1C(=O)OCCCC(C)C. The van der Waals surface area contributed by atoms with Crippen LogP contribution in [0.3, 0.4) is 0 Å². The number of ether oxygens (including phenoxy) is 2. The van der Waals surface area contributed by atoms with Gasteiger partial charge in [0.1, 0.15) is 0 Å². The standard InChI is InChI=1S/C20H26O4/c1-5-10-16(6-2)24-20(22)18-13-8-7-12-17(18)19(21)23-14-9-11-15(3)4/h7-8,12-13,15-16H,6,9,11,14H2,1-4H3. The Bertz CT molecular complexity index is 608. The highest BCUT2D eigenvalue weighted by atomic mass is 16.5. The molecule has 1 rings (SSSR count). The monoisotopic (exact) mass is 330 g/mol. The van der Waals surface area contributed by atoms with Crippen molar-refractivity contribution >= 4 is 11.9 Å². The highest BCUT2D eigenvalue weighted by molar-refractivity contribution is 6.03. The van der Waals surface area contributed by atoms with Crippen molar-refractivity contribution in [2.24, 2.45) is 5.92 Å². The molecular weight excluding hydrogens is 304 g/mol. The van der Waals surface area contributed by atoms with Crippen molar-refractivity contribution in [3.8, 4) is 11.8 Å². The molecule has 0 heterocycles. The lowest BCUT2D eigenvalue weighted by Crippen LogP contribution is -2.19. The van der Waals surface area contributed by atoms with Crippen LogP contribution in [0.5, 0.6) is 0 Å². The van der Waals surface area contributed by atoms with Crippen molar-refractivity contribution in [3.63, 3.8) is 0 Å². The van der Waals surface area contributed by atoms with Gasteiger partial charge < -0.3 is 9.47 Å². The van der Waals surface area contributed by atoms with Gasteiger partial charge in [-0.25, -0.2) is 9.59 Å². The van der Waals surface area contributed by atoms with E-state index in [0.717, 1.165) is 12.8 Å². The molecule has 0 aliphatic heterocycles. The van der Waals surface area contributed by atoms with Gasteiger partial charge in [0, 0.05) is 0 Å². The Labute approximate surface area is 144 Å². The van der Waals surface area contributed by atoms with Gasteiger partial charge in [-0.3, -0.25) is 0 Å². The molecule has 1 atom stereocenters. The molecule has 4 heteroatoms. The van der Waals surface area contributed by atoms with Crippen LogP contribution in [0.2, 0.25) is 0 Å². The van der Waals surface area contributed by atoms with Crippen LogP contribution in [-0.2, 0) is 9.47 Å². The lowest BCUT2D eigenvalue weighted by Gasteiger charge is -2.13. The van der Waals surface area contributed by atoms with Crippen LogP contribution in [0, 0.1) is 17.8 Å². The summed E-state index contributed by atoms with van der Waals surface area (Å²) in [7, 11) is 0. The van der Waals surface area contributed by atoms with Gasteiger partial charge in [-0.15, -0.1) is 5.92 Å². The Hall–Kier alpha value is -2.28. The van der Waals surface area contributed by atoms with Gasteiger partial charge in [0.15, 0.2) is 6.10 Å². The topological polar surface area (TPSA) is 52.6 Å². The predicted molar refractivity (Wildman–Crippen MR) is 93.7 cm³/mol. The Morgan fingerprint density at radius 1 is 1.12 bits per heavy atom. The summed E-state index contributed by atoms with van der Waals surface area (Å²) in [5, 5.41) is 0. The van der Waals surface area contributed by atoms with E-state index in [4.69, 9.17) is 9.47 Å². The van der Waals surface area contributed by atoms with Gasteiger partial charge in [-0.1, -0.05) is 38.8 Å². The van der Waals surface area contributed by atoms with Gasteiger partial charge in [0.05, 0.1) is 17.7 Å². The lowest BCUT2D eigenvalue weighted by molar-refractivity contribution is 0.0384. The van der Waals surface area contributed by atoms with Crippen molar-refractivity contribution in [3.05, 3.63) is 35.4 Å². The number of esters is 2. The van der Waals surface area contributed by atoms with E-state index >= 15 is 0 Å². The second kappa shape index (κ2) is 10.5. The largest absolute Gasteiger partial charge is 0.462 e. The predicted octanol–water partition coefficient (Wildman–Crippen LogP) is 4.24. The molecule has 0 fully saturated rings. The van der Waals surface area contributed by atoms with Gasteiger partial charge in [-0.05, 0) is 44.2 Å². The fourth-order valence-electron chi connectivity index (χ4n) is 2.14. The van der Waals surface area contributed by atoms with Crippen LogP contribution in [0.1, 0.15) is 67.7 Å². The van der Waals surface area contributed by atoms with Crippen LogP contribution in [0.4, 0.5) is 0 Å². The van der Waals surface area contributed by atoms with Gasteiger partial charge >= 0.3 is 11.9 Å². The minimum Gasteiger partial charge on any atom is -0.462 e. The zero-order valence-electron chi connectivity index (χ0n) is 14.9. The molecule has 0 spiro atoms. The van der Waals surface area contributed by atoms with E-state index in [2.05, 4.69) is 25.7 Å². The van der Waals surface area contributed by atoms with Gasteiger partial charge in [-0.2, -0.15) is 0 Å². The molecule has 1 aromatic rings. The first-order valence-corrected chi connectivity index (χ1v) is 8.39. The molecule has 0 amide bonds. The molecule has 1 unspecified atom stereocenters. The number of hydrogen-bond acceptors (Lipinski definition) is 4. The highest BCUT2D eigenvalue weighted by Gasteiger charge is 2.20. The summed E-state index contributed by atoms with van der Waals surface area (Å²) in [6.07, 6.45) is 1.91. The average molecular weight is 330 g/mol. The molecule has 1 aromatic carbocycles. The molecule has 0 saturated carbocycles. The van der Waals surface area contributed by atoms with E-state index in [0.29, 0.717) is 18.9 Å². The molecule has 0 bridgehead atoms. The average Bonchev–Trinajstić information content (AvgIpc) is 2.57. The van der Waals surface area contributed by atoms with Crippen LogP contribution < -0.4 is 0 Å². The van der Waals surface area contributed by atoms with E-state index in [9.17, 15) is 9.59 Å². The number of rotatable bonds is 8. The lowest BCUT2D eigenvalue weighted by atomic mass is 10.1. The van der Waals surface area contributed by atoms with Crippen LogP contribution in [-0.4, -0.2) is 24.6 Å². The Kier molecular flexibility index (Phi) is 8.64. The normalized spacial score (nSPS) is 11.4. The quantitative estimate of drug-likeness (QED) is 0.406. The summed E-state index contributed by atoms with van der Waals surface area (Å²) < 4.78 is 10.6. The van der Waals surface area contributed by atoms with Gasteiger partial charge in [0.2, 0.25) is 0 Å². The van der Waals surface area contributed by atoms with Crippen molar-refractivity contribution < 1.29 is 19.1 Å². The second-order valence-electron chi connectivity index (χ2n) is 5.91. The van der Waals surface area contributed by atoms with Crippen molar-refractivity contribution in [2.45, 2.75) is 53.1 Å². The van der Waals surface area contributed by atoms with Crippen molar-refractivity contribution in [1.29, 1.82) is 0 Å². The molecule has 0 N–H and O–H groups in total. The van der Waals surface area contributed by atoms with Crippen molar-refractivity contribution in [2.75, 3.05) is 6.61 Å². The smallest absolute Gasteiger partial charge is 0.340 e. The number of benzene rings is 1. The molecule has 4 nitrogen and oxygen atoms in total. The maximum absolute atomic E-state index is 12.3. The fraction of sp³-hybridized carbons (Fsp3) is 0.500. The summed E-state index contributed by atoms with van der Waals surface area (Å²) >= 11 is 0. The highest BCUT2D eigenvalue weighted by Crippen LogP contribution is 2.14. The Balaban J connectivity index is 2.77. The maximum atomic E-state index is 12.3. The maximum Gasteiger partial charge on any atom is 0.340 e. The van der Waals surface area contributed by atoms with Crippen LogP contribution >= 0.6 is 0 Å². The molecule has 0 saturated heterocycles. The van der Waals surface area contributed by atoms with Crippen LogP contribution in [0.25, 0.3) is 0 Å². The Morgan fingerprint density at radius 2 is 1.75 bits per heavy atom. The molecular formula is C20H26O4. The second-order valence-corrected chi connectivity index (χ2v) is 5.91. The fourth-order valence-corrected chi connectivity index (χ4v) is 2.14. The Morgan fingerprint density at radius 3 is 2.29 bits per heavy atom. The zero-order valence-corrected chi connectivity index (χ0v) is 14.9. The molecule has 0 aliphatic rings. The third-order valence-electron chi connectivity index (χ3n) is 3.45. The molecule has 0 aliphatic carbocycles. The minimum absolute atomic E-state index is 0.211. The first-order valence-electron chi connectivity index (χ1n) is 8.39. The summed E-state index contributed by atoms with van der Waals surface area (Å²) in [4.78, 5) is 24.6. The molecule has 130 valence electrons. The van der Waals surface area contributed by atoms with Crippen LogP contribution in [0.15, 0.2) is 24.3 Å².